The number of hydrazine groups is 1. The van der Waals surface area contributed by atoms with E-state index in [1.54, 1.807) is 0 Å². The molecule has 0 aromatic heterocycles. The van der Waals surface area contributed by atoms with Crippen LogP contribution < -0.4 is 56.8 Å². The van der Waals surface area contributed by atoms with Gasteiger partial charge in [0.25, 0.3) is 0 Å². The summed E-state index contributed by atoms with van der Waals surface area (Å²) >= 11 is 0. The zero-order valence-electron chi connectivity index (χ0n) is 7.81. The summed E-state index contributed by atoms with van der Waals surface area (Å²) in [6, 6.07) is 0. The van der Waals surface area contributed by atoms with Gasteiger partial charge in [0.15, 0.2) is 0 Å². The van der Waals surface area contributed by atoms with E-state index in [2.05, 4.69) is 18.9 Å². The Morgan fingerprint density at radius 1 is 1.50 bits per heavy atom. The standard InChI is InChI=1S/C5H11N2.C2H6.K/c1-5-3-6-7(2)4-5;1-2;/h4-6H,3H2,1-2H3;1-2H3;/q-1;;+1. The van der Waals surface area contributed by atoms with Crippen molar-refractivity contribution in [1.82, 2.24) is 10.4 Å². The van der Waals surface area contributed by atoms with Gasteiger partial charge < -0.3 is 5.01 Å². The molecule has 1 heterocycles. The second-order valence-electron chi connectivity index (χ2n) is 2.10. The summed E-state index contributed by atoms with van der Waals surface area (Å²) in [6.07, 6.45) is 0. The van der Waals surface area contributed by atoms with Crippen molar-refractivity contribution < 1.29 is 51.4 Å². The summed E-state index contributed by atoms with van der Waals surface area (Å²) in [6.45, 7) is 9.45. The molecule has 0 saturated carbocycles. The number of hydrogen-bond acceptors (Lipinski definition) is 2. The van der Waals surface area contributed by atoms with E-state index >= 15 is 0 Å². The summed E-state index contributed by atoms with van der Waals surface area (Å²) in [4.78, 5) is 0. The maximum absolute atomic E-state index is 3.15. The first-order chi connectivity index (χ1) is 4.29. The Morgan fingerprint density at radius 3 is 2.10 bits per heavy atom. The molecule has 0 aromatic carbocycles. The molecule has 2 nitrogen and oxygen atoms in total. The molecule has 1 rings (SSSR count). The summed E-state index contributed by atoms with van der Waals surface area (Å²) in [5.74, 6) is 0.713. The second-order valence-corrected chi connectivity index (χ2v) is 2.10. The Bertz CT molecular complexity index is 60.6. The molecular formula is C7H17KN2. The van der Waals surface area contributed by atoms with Gasteiger partial charge in [0.2, 0.25) is 0 Å². The predicted octanol–water partition coefficient (Wildman–Crippen LogP) is -1.74. The van der Waals surface area contributed by atoms with Gasteiger partial charge in [-0.25, -0.2) is 6.54 Å². The third kappa shape index (κ3) is 6.28. The molecule has 1 aliphatic heterocycles. The van der Waals surface area contributed by atoms with E-state index in [1.807, 2.05) is 25.9 Å². The molecule has 1 aliphatic rings. The van der Waals surface area contributed by atoms with Gasteiger partial charge >= 0.3 is 51.4 Å². The van der Waals surface area contributed by atoms with Crippen molar-refractivity contribution in [1.29, 1.82) is 0 Å². The smallest absolute Gasteiger partial charge is 0.397 e. The molecule has 0 radical (unpaired) electrons. The fourth-order valence-electron chi connectivity index (χ4n) is 0.775. The monoisotopic (exact) mass is 168 g/mol. The maximum atomic E-state index is 3.15. The zero-order chi connectivity index (χ0) is 7.28. The molecule has 1 unspecified atom stereocenters. The van der Waals surface area contributed by atoms with E-state index in [-0.39, 0.29) is 51.4 Å². The van der Waals surface area contributed by atoms with Gasteiger partial charge in [-0.3, -0.25) is 5.43 Å². The average Bonchev–Trinajstić information content (AvgIpc) is 2.20. The summed E-state index contributed by atoms with van der Waals surface area (Å²) in [7, 11) is 2.02. The van der Waals surface area contributed by atoms with Gasteiger partial charge in [-0.1, -0.05) is 20.8 Å². The van der Waals surface area contributed by atoms with Crippen LogP contribution in [-0.2, 0) is 0 Å². The summed E-state index contributed by atoms with van der Waals surface area (Å²) in [5, 5.41) is 2.00. The van der Waals surface area contributed by atoms with E-state index in [1.165, 1.54) is 0 Å². The predicted molar refractivity (Wildman–Crippen MR) is 40.6 cm³/mol. The molecule has 0 aliphatic carbocycles. The number of rotatable bonds is 0. The fraction of sp³-hybridized carbons (Fsp3) is 0.857. The Kier molecular flexibility index (Phi) is 12.2. The van der Waals surface area contributed by atoms with E-state index in [4.69, 9.17) is 0 Å². The van der Waals surface area contributed by atoms with Gasteiger partial charge in [0.05, 0.1) is 0 Å². The molecule has 0 bridgehead atoms. The third-order valence-electron chi connectivity index (χ3n) is 1.14. The van der Waals surface area contributed by atoms with Gasteiger partial charge in [0, 0.05) is 0 Å². The normalized spacial score (nSPS) is 24.6. The minimum Gasteiger partial charge on any atom is -0.397 e. The quantitative estimate of drug-likeness (QED) is 0.341. The van der Waals surface area contributed by atoms with E-state index < -0.39 is 0 Å². The summed E-state index contributed by atoms with van der Waals surface area (Å²) < 4.78 is 0. The van der Waals surface area contributed by atoms with Crippen LogP contribution in [0.5, 0.6) is 0 Å². The van der Waals surface area contributed by atoms with E-state index in [0.717, 1.165) is 6.54 Å². The maximum Gasteiger partial charge on any atom is 1.00 e. The third-order valence-corrected chi connectivity index (χ3v) is 1.14. The minimum atomic E-state index is 0. The first-order valence-corrected chi connectivity index (χ1v) is 3.60. The van der Waals surface area contributed by atoms with Gasteiger partial charge in [-0.05, 0) is 13.6 Å². The van der Waals surface area contributed by atoms with Crippen LogP contribution in [0.3, 0.4) is 0 Å². The molecule has 10 heavy (non-hydrogen) atoms. The molecule has 0 aromatic rings. The van der Waals surface area contributed by atoms with Crippen LogP contribution in [0.1, 0.15) is 20.8 Å². The molecule has 0 spiro atoms. The van der Waals surface area contributed by atoms with Crippen LogP contribution in [-0.4, -0.2) is 18.6 Å². The van der Waals surface area contributed by atoms with Crippen LogP contribution >= 0.6 is 0 Å². The van der Waals surface area contributed by atoms with Crippen LogP contribution in [0, 0.1) is 12.5 Å². The first-order valence-electron chi connectivity index (χ1n) is 3.60. The topological polar surface area (TPSA) is 15.3 Å². The number of nitrogens with one attached hydrogen (secondary N) is 1. The van der Waals surface area contributed by atoms with E-state index in [0.29, 0.717) is 5.92 Å². The van der Waals surface area contributed by atoms with Crippen molar-refractivity contribution in [3.05, 3.63) is 6.54 Å². The Labute approximate surface area is 107 Å². The van der Waals surface area contributed by atoms with Crippen LogP contribution in [0.2, 0.25) is 0 Å². The molecule has 0 amide bonds. The van der Waals surface area contributed by atoms with Crippen molar-refractivity contribution in [2.45, 2.75) is 20.8 Å². The van der Waals surface area contributed by atoms with Crippen molar-refractivity contribution in [3.8, 4) is 0 Å². The molecule has 1 saturated heterocycles. The van der Waals surface area contributed by atoms with Crippen molar-refractivity contribution >= 4 is 0 Å². The molecule has 3 heteroatoms. The SMILES string of the molecule is CC.CC1[CH-]N(C)NC1.[K+]. The van der Waals surface area contributed by atoms with E-state index in [9.17, 15) is 0 Å². The summed E-state index contributed by atoms with van der Waals surface area (Å²) in [5.41, 5.74) is 3.15. The first kappa shape index (κ1) is 14.1. The van der Waals surface area contributed by atoms with Crippen LogP contribution in [0.25, 0.3) is 0 Å². The fourth-order valence-corrected chi connectivity index (χ4v) is 0.775. The number of nitrogens with zero attached hydrogens (tertiary/aromatic N) is 1. The zero-order valence-corrected chi connectivity index (χ0v) is 10.9. The Morgan fingerprint density at radius 2 is 2.00 bits per heavy atom. The Balaban J connectivity index is 0. The van der Waals surface area contributed by atoms with Crippen LogP contribution in [0.15, 0.2) is 0 Å². The Hall–Kier alpha value is 1.56. The molecular weight excluding hydrogens is 151 g/mol. The largest absolute Gasteiger partial charge is 1.00 e. The average molecular weight is 168 g/mol. The number of hydrogen-bond donors (Lipinski definition) is 1. The van der Waals surface area contributed by atoms with Gasteiger partial charge in [-0.15, -0.1) is 5.92 Å². The van der Waals surface area contributed by atoms with Gasteiger partial charge in [0.1, 0.15) is 0 Å². The molecule has 56 valence electrons. The van der Waals surface area contributed by atoms with Crippen molar-refractivity contribution in [2.75, 3.05) is 13.6 Å². The van der Waals surface area contributed by atoms with Crippen molar-refractivity contribution in [3.63, 3.8) is 0 Å². The van der Waals surface area contributed by atoms with Crippen molar-refractivity contribution in [2.24, 2.45) is 5.92 Å². The minimum absolute atomic E-state index is 0. The van der Waals surface area contributed by atoms with Gasteiger partial charge in [-0.2, -0.15) is 0 Å². The second kappa shape index (κ2) is 8.65. The molecule has 1 fully saturated rings. The van der Waals surface area contributed by atoms with Crippen LogP contribution in [0.4, 0.5) is 0 Å². The molecule has 1 N–H and O–H groups in total. The molecule has 1 atom stereocenters.